The normalized spacial score (nSPS) is 21.6. The fraction of sp³-hybridized carbons (Fsp3) is 0.433. The number of benzene rings is 2. The summed E-state index contributed by atoms with van der Waals surface area (Å²) in [7, 11) is 0. The van der Waals surface area contributed by atoms with Gasteiger partial charge in [0.25, 0.3) is 5.91 Å². The van der Waals surface area contributed by atoms with Gasteiger partial charge in [-0.1, -0.05) is 61.7 Å². The lowest BCUT2D eigenvalue weighted by Gasteiger charge is -2.37. The van der Waals surface area contributed by atoms with Gasteiger partial charge >= 0.3 is 0 Å². The summed E-state index contributed by atoms with van der Waals surface area (Å²) in [6.07, 6.45) is 7.73. The Labute approximate surface area is 203 Å². The Hall–Kier alpha value is -2.85. The van der Waals surface area contributed by atoms with Crippen LogP contribution in [-0.4, -0.2) is 41.4 Å². The molecule has 2 aliphatic rings. The van der Waals surface area contributed by atoms with E-state index in [0.29, 0.717) is 17.9 Å². The fourth-order valence-electron chi connectivity index (χ4n) is 6.04. The lowest BCUT2D eigenvalue weighted by Crippen LogP contribution is -2.45. The first-order chi connectivity index (χ1) is 16.7. The molecule has 1 amide bonds. The predicted molar refractivity (Wildman–Crippen MR) is 136 cm³/mol. The van der Waals surface area contributed by atoms with Gasteiger partial charge in [-0.05, 0) is 61.1 Å². The molecular formula is C30H36N2O2. The number of furan rings is 1. The van der Waals surface area contributed by atoms with Crippen LogP contribution in [0.3, 0.4) is 0 Å². The molecule has 0 bridgehead atoms. The number of nitrogens with zero attached hydrogens (tertiary/aromatic N) is 2. The molecule has 2 atom stereocenters. The third kappa shape index (κ3) is 5.12. The molecule has 1 saturated heterocycles. The zero-order chi connectivity index (χ0) is 23.3. The minimum atomic E-state index is 0.195. The standard InChI is InChI=1S/C30H36N2O2/c1-23-11-8-9-17-28(23)29-22-31(21-27-16-10-18-34-27)19-25(29)20-32(26-14-6-3-7-15-26)30(33)24-12-4-2-5-13-24/h2,4-5,8-13,16-18,25-26,29H,3,6-7,14-15,19-22H2,1H3/t25-,29+/m1/s1. The van der Waals surface area contributed by atoms with Crippen LogP contribution in [0.5, 0.6) is 0 Å². The zero-order valence-corrected chi connectivity index (χ0v) is 20.2. The maximum atomic E-state index is 13.8. The second-order valence-electron chi connectivity index (χ2n) is 10.1. The Bertz CT molecular complexity index is 1060. The monoisotopic (exact) mass is 456 g/mol. The number of amides is 1. The van der Waals surface area contributed by atoms with E-state index in [1.165, 1.54) is 30.4 Å². The Morgan fingerprint density at radius 3 is 2.44 bits per heavy atom. The van der Waals surface area contributed by atoms with Crippen molar-refractivity contribution in [1.29, 1.82) is 0 Å². The number of hydrogen-bond donors (Lipinski definition) is 0. The van der Waals surface area contributed by atoms with Crippen LogP contribution in [0.15, 0.2) is 77.4 Å². The maximum Gasteiger partial charge on any atom is 0.254 e. The first-order valence-corrected chi connectivity index (χ1v) is 12.9. The van der Waals surface area contributed by atoms with Crippen molar-refractivity contribution < 1.29 is 9.21 Å². The molecule has 2 heterocycles. The van der Waals surface area contributed by atoms with Crippen molar-refractivity contribution >= 4 is 5.91 Å². The Kier molecular flexibility index (Phi) is 7.15. The van der Waals surface area contributed by atoms with Gasteiger partial charge in [0.05, 0.1) is 12.8 Å². The molecule has 4 heteroatoms. The number of hydrogen-bond acceptors (Lipinski definition) is 3. The van der Waals surface area contributed by atoms with Crippen molar-refractivity contribution in [1.82, 2.24) is 9.80 Å². The van der Waals surface area contributed by atoms with E-state index < -0.39 is 0 Å². The molecule has 2 fully saturated rings. The Morgan fingerprint density at radius 1 is 0.941 bits per heavy atom. The van der Waals surface area contributed by atoms with Crippen LogP contribution >= 0.6 is 0 Å². The highest BCUT2D eigenvalue weighted by atomic mass is 16.3. The number of carbonyl (C=O) groups is 1. The third-order valence-electron chi connectivity index (χ3n) is 7.79. The molecule has 1 aliphatic heterocycles. The highest BCUT2D eigenvalue weighted by molar-refractivity contribution is 5.94. The van der Waals surface area contributed by atoms with E-state index in [1.807, 2.05) is 36.4 Å². The number of carbonyl (C=O) groups excluding carboxylic acids is 1. The number of rotatable bonds is 7. The molecule has 2 aromatic carbocycles. The summed E-state index contributed by atoms with van der Waals surface area (Å²) >= 11 is 0. The molecule has 0 spiro atoms. The first-order valence-electron chi connectivity index (χ1n) is 12.9. The average molecular weight is 457 g/mol. The molecule has 34 heavy (non-hydrogen) atoms. The lowest BCUT2D eigenvalue weighted by atomic mass is 9.85. The van der Waals surface area contributed by atoms with Crippen LogP contribution in [0.2, 0.25) is 0 Å². The van der Waals surface area contributed by atoms with Crippen molar-refractivity contribution in [3.8, 4) is 0 Å². The molecular weight excluding hydrogens is 420 g/mol. The molecule has 0 radical (unpaired) electrons. The van der Waals surface area contributed by atoms with E-state index in [1.54, 1.807) is 6.26 Å². The van der Waals surface area contributed by atoms with Crippen LogP contribution in [0, 0.1) is 12.8 Å². The quantitative estimate of drug-likeness (QED) is 0.420. The summed E-state index contributed by atoms with van der Waals surface area (Å²) in [5, 5.41) is 0. The minimum absolute atomic E-state index is 0.195. The van der Waals surface area contributed by atoms with E-state index in [-0.39, 0.29) is 5.91 Å². The molecule has 1 aromatic heterocycles. The van der Waals surface area contributed by atoms with Crippen LogP contribution in [-0.2, 0) is 6.54 Å². The second kappa shape index (κ2) is 10.6. The SMILES string of the molecule is Cc1ccccc1[C@H]1CN(Cc2ccco2)C[C@@H]1CN(C(=O)c1ccccc1)C1CCCCC1. The fourth-order valence-corrected chi connectivity index (χ4v) is 6.04. The van der Waals surface area contributed by atoms with Crippen LogP contribution in [0.4, 0.5) is 0 Å². The maximum absolute atomic E-state index is 13.8. The van der Waals surface area contributed by atoms with E-state index in [2.05, 4.69) is 47.1 Å². The highest BCUT2D eigenvalue weighted by Gasteiger charge is 2.38. The molecule has 5 rings (SSSR count). The molecule has 0 N–H and O–H groups in total. The van der Waals surface area contributed by atoms with Crippen LogP contribution < -0.4 is 0 Å². The van der Waals surface area contributed by atoms with Gasteiger partial charge in [-0.3, -0.25) is 9.69 Å². The Morgan fingerprint density at radius 2 is 1.71 bits per heavy atom. The minimum Gasteiger partial charge on any atom is -0.468 e. The van der Waals surface area contributed by atoms with Crippen molar-refractivity contribution in [2.75, 3.05) is 19.6 Å². The largest absolute Gasteiger partial charge is 0.468 e. The average Bonchev–Trinajstić information content (AvgIpc) is 3.53. The van der Waals surface area contributed by atoms with Crippen molar-refractivity contribution in [2.24, 2.45) is 5.92 Å². The summed E-state index contributed by atoms with van der Waals surface area (Å²) in [5.41, 5.74) is 3.58. The van der Waals surface area contributed by atoms with Crippen LogP contribution in [0.25, 0.3) is 0 Å². The molecule has 0 unspecified atom stereocenters. The summed E-state index contributed by atoms with van der Waals surface area (Å²) in [5.74, 6) is 2.01. The smallest absolute Gasteiger partial charge is 0.254 e. The van der Waals surface area contributed by atoms with Gasteiger partial charge in [-0.2, -0.15) is 0 Å². The van der Waals surface area contributed by atoms with E-state index in [9.17, 15) is 4.79 Å². The van der Waals surface area contributed by atoms with Gasteiger partial charge in [-0.15, -0.1) is 0 Å². The Balaban J connectivity index is 1.42. The molecule has 4 nitrogen and oxygen atoms in total. The number of likely N-dealkylation sites (tertiary alicyclic amines) is 1. The zero-order valence-electron chi connectivity index (χ0n) is 20.2. The lowest BCUT2D eigenvalue weighted by molar-refractivity contribution is 0.0587. The highest BCUT2D eigenvalue weighted by Crippen LogP contribution is 2.37. The first kappa shape index (κ1) is 22.9. The van der Waals surface area contributed by atoms with Gasteiger partial charge in [-0.25, -0.2) is 0 Å². The van der Waals surface area contributed by atoms with E-state index in [4.69, 9.17) is 4.42 Å². The van der Waals surface area contributed by atoms with Crippen LogP contribution in [0.1, 0.15) is 65.3 Å². The van der Waals surface area contributed by atoms with Gasteiger partial charge in [0, 0.05) is 37.2 Å². The van der Waals surface area contributed by atoms with Gasteiger partial charge < -0.3 is 9.32 Å². The van der Waals surface area contributed by atoms with E-state index in [0.717, 1.165) is 50.3 Å². The summed E-state index contributed by atoms with van der Waals surface area (Å²) < 4.78 is 5.66. The topological polar surface area (TPSA) is 36.7 Å². The summed E-state index contributed by atoms with van der Waals surface area (Å²) in [6.45, 7) is 5.82. The molecule has 1 aliphatic carbocycles. The predicted octanol–water partition coefficient (Wildman–Crippen LogP) is 6.28. The molecule has 178 valence electrons. The van der Waals surface area contributed by atoms with Crippen molar-refractivity contribution in [3.05, 3.63) is 95.4 Å². The molecule has 3 aromatic rings. The van der Waals surface area contributed by atoms with Gasteiger partial charge in [0.1, 0.15) is 5.76 Å². The number of aryl methyl sites for hydroxylation is 1. The summed E-state index contributed by atoms with van der Waals surface area (Å²) in [6, 6.07) is 23.0. The van der Waals surface area contributed by atoms with E-state index >= 15 is 0 Å². The van der Waals surface area contributed by atoms with Gasteiger partial charge in [0.15, 0.2) is 0 Å². The second-order valence-corrected chi connectivity index (χ2v) is 10.1. The summed E-state index contributed by atoms with van der Waals surface area (Å²) in [4.78, 5) is 18.5. The van der Waals surface area contributed by atoms with Crippen molar-refractivity contribution in [2.45, 2.75) is 57.5 Å². The molecule has 1 saturated carbocycles. The van der Waals surface area contributed by atoms with Crippen molar-refractivity contribution in [3.63, 3.8) is 0 Å². The third-order valence-corrected chi connectivity index (χ3v) is 7.79. The van der Waals surface area contributed by atoms with Gasteiger partial charge in [0.2, 0.25) is 0 Å².